The Morgan fingerprint density at radius 3 is 2.53 bits per heavy atom. The fourth-order valence-corrected chi connectivity index (χ4v) is 4.64. The lowest BCUT2D eigenvalue weighted by molar-refractivity contribution is -0.129. The van der Waals surface area contributed by atoms with Crippen molar-refractivity contribution in [2.24, 2.45) is 0 Å². The van der Waals surface area contributed by atoms with E-state index in [1.807, 2.05) is 42.6 Å². The highest BCUT2D eigenvalue weighted by atomic mass is 32.1. The zero-order valence-corrected chi connectivity index (χ0v) is 19.5. The largest absolute Gasteiger partial charge is 0.383 e. The first-order valence-electron chi connectivity index (χ1n) is 11.0. The van der Waals surface area contributed by atoms with Gasteiger partial charge in [0.25, 0.3) is 11.8 Å². The Bertz CT molecular complexity index is 1470. The molecule has 6 nitrogen and oxygen atoms in total. The Morgan fingerprint density at radius 2 is 1.71 bits per heavy atom. The Labute approximate surface area is 202 Å². The van der Waals surface area contributed by atoms with Crippen molar-refractivity contribution < 1.29 is 14.3 Å². The number of amides is 2. The molecule has 0 unspecified atom stereocenters. The molecule has 1 fully saturated rings. The number of nitrogens with zero attached hydrogens (tertiary/aromatic N) is 2. The minimum atomic E-state index is -0.491. The molecule has 5 rings (SSSR count). The van der Waals surface area contributed by atoms with Gasteiger partial charge in [-0.1, -0.05) is 60.7 Å². The molecule has 3 aromatic carbocycles. The number of methoxy groups -OCH3 is 1. The molecule has 1 aliphatic rings. The van der Waals surface area contributed by atoms with Crippen LogP contribution in [0.15, 0.2) is 78.5 Å². The fraction of sp³-hybridized carbons (Fsp3) is 0.148. The first-order valence-corrected chi connectivity index (χ1v) is 11.4. The molecule has 0 radical (unpaired) electrons. The van der Waals surface area contributed by atoms with Gasteiger partial charge in [-0.05, 0) is 40.7 Å². The van der Waals surface area contributed by atoms with Gasteiger partial charge in [-0.2, -0.15) is 0 Å². The molecule has 170 valence electrons. The van der Waals surface area contributed by atoms with E-state index < -0.39 is 11.8 Å². The maximum absolute atomic E-state index is 13.1. The van der Waals surface area contributed by atoms with Crippen molar-refractivity contribution in [1.29, 1.82) is 0 Å². The topological polar surface area (TPSA) is 63.6 Å². The van der Waals surface area contributed by atoms with Crippen molar-refractivity contribution >= 4 is 56.9 Å². The molecule has 0 bridgehead atoms. The van der Waals surface area contributed by atoms with Gasteiger partial charge in [0.05, 0.1) is 13.2 Å². The van der Waals surface area contributed by atoms with Gasteiger partial charge in [0.1, 0.15) is 5.57 Å². The van der Waals surface area contributed by atoms with Crippen LogP contribution in [0.4, 0.5) is 0 Å². The van der Waals surface area contributed by atoms with Crippen molar-refractivity contribution in [3.8, 4) is 0 Å². The second-order valence-corrected chi connectivity index (χ2v) is 8.52. The van der Waals surface area contributed by atoms with E-state index in [4.69, 9.17) is 17.0 Å². The van der Waals surface area contributed by atoms with Crippen LogP contribution in [-0.2, 0) is 20.9 Å². The number of para-hydroxylation sites is 1. The lowest BCUT2D eigenvalue weighted by atomic mass is 10.0. The average Bonchev–Trinajstić information content (AvgIpc) is 3.19. The summed E-state index contributed by atoms with van der Waals surface area (Å²) in [6.45, 7) is 1.25. The van der Waals surface area contributed by atoms with Gasteiger partial charge in [-0.25, -0.2) is 0 Å². The number of ether oxygens (including phenoxy) is 1. The Kier molecular flexibility index (Phi) is 5.96. The summed E-state index contributed by atoms with van der Waals surface area (Å²) in [6.07, 6.45) is 3.65. The van der Waals surface area contributed by atoms with Crippen molar-refractivity contribution in [2.45, 2.75) is 6.54 Å². The Morgan fingerprint density at radius 1 is 0.971 bits per heavy atom. The molecular formula is C27H23N3O3S. The number of benzene rings is 3. The molecule has 0 atom stereocenters. The summed E-state index contributed by atoms with van der Waals surface area (Å²) in [6, 6.07) is 22.6. The molecular weight excluding hydrogens is 446 g/mol. The average molecular weight is 470 g/mol. The van der Waals surface area contributed by atoms with Crippen molar-refractivity contribution in [3.63, 3.8) is 0 Å². The van der Waals surface area contributed by atoms with Gasteiger partial charge < -0.3 is 9.30 Å². The van der Waals surface area contributed by atoms with Gasteiger partial charge in [0, 0.05) is 36.3 Å². The minimum Gasteiger partial charge on any atom is -0.383 e. The second-order valence-electron chi connectivity index (χ2n) is 8.13. The molecule has 1 N–H and O–H groups in total. The summed E-state index contributed by atoms with van der Waals surface area (Å²) in [7, 11) is 1.55. The lowest BCUT2D eigenvalue weighted by Crippen LogP contribution is -2.54. The highest BCUT2D eigenvalue weighted by Gasteiger charge is 2.33. The molecule has 7 heteroatoms. The van der Waals surface area contributed by atoms with Gasteiger partial charge in [-0.15, -0.1) is 0 Å². The Balaban J connectivity index is 1.56. The number of hydrogen-bond donors (Lipinski definition) is 1. The summed E-state index contributed by atoms with van der Waals surface area (Å²) in [5.41, 5.74) is 3.07. The normalized spacial score (nSPS) is 15.5. The number of thiocarbonyl (C=S) groups is 1. The number of nitrogens with one attached hydrogen (secondary N) is 1. The number of carbonyl (C=O) groups is 2. The highest BCUT2D eigenvalue weighted by molar-refractivity contribution is 7.80. The SMILES string of the molecule is COCCN1C(=O)C(=Cc2cn(Cc3cccc4ccccc34)c3ccccc23)C(=O)NC1=S. The van der Waals surface area contributed by atoms with Crippen LogP contribution in [-0.4, -0.2) is 46.7 Å². The lowest BCUT2D eigenvalue weighted by Gasteiger charge is -2.28. The number of carbonyl (C=O) groups excluding carboxylic acids is 2. The third-order valence-electron chi connectivity index (χ3n) is 6.04. The Hall–Kier alpha value is -3.81. The smallest absolute Gasteiger partial charge is 0.265 e. The summed E-state index contributed by atoms with van der Waals surface area (Å²) in [4.78, 5) is 27.1. The molecule has 34 heavy (non-hydrogen) atoms. The molecule has 2 amide bonds. The first-order chi connectivity index (χ1) is 16.6. The third kappa shape index (κ3) is 4.00. The van der Waals surface area contributed by atoms with E-state index in [0.29, 0.717) is 13.2 Å². The van der Waals surface area contributed by atoms with E-state index in [2.05, 4.69) is 40.2 Å². The number of fused-ring (bicyclic) bond motifs is 2. The minimum absolute atomic E-state index is 0.0535. The summed E-state index contributed by atoms with van der Waals surface area (Å²) < 4.78 is 7.24. The second kappa shape index (κ2) is 9.21. The van der Waals surface area contributed by atoms with Crippen molar-refractivity contribution in [1.82, 2.24) is 14.8 Å². The summed E-state index contributed by atoms with van der Waals surface area (Å²) in [5, 5.41) is 6.08. The van der Waals surface area contributed by atoms with Crippen molar-refractivity contribution in [2.75, 3.05) is 20.3 Å². The predicted octanol–water partition coefficient (Wildman–Crippen LogP) is 4.12. The van der Waals surface area contributed by atoms with E-state index in [0.717, 1.165) is 16.5 Å². The number of rotatable bonds is 6. The van der Waals surface area contributed by atoms with Gasteiger partial charge >= 0.3 is 0 Å². The van der Waals surface area contributed by atoms with E-state index in [1.165, 1.54) is 21.2 Å². The van der Waals surface area contributed by atoms with Crippen LogP contribution in [0, 0.1) is 0 Å². The molecule has 1 aromatic heterocycles. The van der Waals surface area contributed by atoms with Crippen molar-refractivity contribution in [3.05, 3.63) is 89.6 Å². The van der Waals surface area contributed by atoms with Crippen LogP contribution in [0.3, 0.4) is 0 Å². The maximum atomic E-state index is 13.1. The fourth-order valence-electron chi connectivity index (χ4n) is 4.37. The molecule has 0 aliphatic carbocycles. The maximum Gasteiger partial charge on any atom is 0.265 e. The molecule has 4 aromatic rings. The van der Waals surface area contributed by atoms with Crippen LogP contribution < -0.4 is 5.32 Å². The van der Waals surface area contributed by atoms with Crippen LogP contribution >= 0.6 is 12.2 Å². The zero-order chi connectivity index (χ0) is 23.7. The van der Waals surface area contributed by atoms with Crippen LogP contribution in [0.2, 0.25) is 0 Å². The standard InChI is InChI=1S/C27H23N3O3S/c1-33-14-13-30-26(32)23(25(31)28-27(30)34)15-20-17-29(24-12-5-4-11-22(20)24)16-19-9-6-8-18-7-2-3-10-21(18)19/h2-12,15,17H,13-14,16H2,1H3,(H,28,31,34). The molecule has 2 heterocycles. The molecule has 0 saturated carbocycles. The van der Waals surface area contributed by atoms with Crippen LogP contribution in [0.25, 0.3) is 27.8 Å². The third-order valence-corrected chi connectivity index (χ3v) is 6.37. The monoisotopic (exact) mass is 469 g/mol. The van der Waals surface area contributed by atoms with E-state index in [-0.39, 0.29) is 17.2 Å². The van der Waals surface area contributed by atoms with E-state index in [9.17, 15) is 9.59 Å². The molecule has 1 saturated heterocycles. The zero-order valence-electron chi connectivity index (χ0n) is 18.7. The molecule has 0 spiro atoms. The first kappa shape index (κ1) is 22.0. The highest BCUT2D eigenvalue weighted by Crippen LogP contribution is 2.27. The van der Waals surface area contributed by atoms with E-state index >= 15 is 0 Å². The summed E-state index contributed by atoms with van der Waals surface area (Å²) in [5.74, 6) is -0.911. The number of hydrogen-bond acceptors (Lipinski definition) is 4. The quantitative estimate of drug-likeness (QED) is 0.262. The van der Waals surface area contributed by atoms with Gasteiger partial charge in [0.15, 0.2) is 5.11 Å². The van der Waals surface area contributed by atoms with E-state index in [1.54, 1.807) is 13.2 Å². The molecule has 1 aliphatic heterocycles. The van der Waals surface area contributed by atoms with Gasteiger partial charge in [-0.3, -0.25) is 19.8 Å². The number of aromatic nitrogens is 1. The van der Waals surface area contributed by atoms with Crippen LogP contribution in [0.1, 0.15) is 11.1 Å². The van der Waals surface area contributed by atoms with Crippen LogP contribution in [0.5, 0.6) is 0 Å². The predicted molar refractivity (Wildman–Crippen MR) is 137 cm³/mol. The van der Waals surface area contributed by atoms with Gasteiger partial charge in [0.2, 0.25) is 0 Å². The summed E-state index contributed by atoms with van der Waals surface area (Å²) >= 11 is 5.19.